The van der Waals surface area contributed by atoms with Crippen molar-refractivity contribution in [1.82, 2.24) is 4.72 Å². The fraction of sp³-hybridized carbons (Fsp3) is 1.00. The number of sulfonamides is 1. The minimum Gasteiger partial charge on any atom is -0.394 e. The first-order valence-corrected chi connectivity index (χ1v) is 8.20. The smallest absolute Gasteiger partial charge is 0.212 e. The van der Waals surface area contributed by atoms with Crippen LogP contribution in [0.15, 0.2) is 0 Å². The number of aliphatic hydroxyl groups is 1. The third kappa shape index (κ3) is 4.84. The van der Waals surface area contributed by atoms with Crippen LogP contribution in [0.5, 0.6) is 0 Å². The predicted molar refractivity (Wildman–Crippen MR) is 70.9 cm³/mol. The van der Waals surface area contributed by atoms with Crippen molar-refractivity contribution in [3.63, 3.8) is 0 Å². The standard InChI is InChI=1S/C12H25NO4S/c1-11-4-6-12(10-14,7-5-11)13-18(15,16)9-3-8-17-2/h11,13-14H,3-10H2,1-2H3. The molecule has 0 aromatic carbocycles. The van der Waals surface area contributed by atoms with Crippen molar-refractivity contribution in [2.45, 2.75) is 44.6 Å². The molecule has 5 nitrogen and oxygen atoms in total. The maximum Gasteiger partial charge on any atom is 0.212 e. The molecule has 1 saturated carbocycles. The highest BCUT2D eigenvalue weighted by Crippen LogP contribution is 2.32. The van der Waals surface area contributed by atoms with E-state index >= 15 is 0 Å². The summed E-state index contributed by atoms with van der Waals surface area (Å²) in [6, 6.07) is 0. The van der Waals surface area contributed by atoms with Crippen molar-refractivity contribution in [3.05, 3.63) is 0 Å². The minimum atomic E-state index is -3.33. The normalized spacial score (nSPS) is 29.4. The van der Waals surface area contributed by atoms with Crippen LogP contribution in [0.4, 0.5) is 0 Å². The topological polar surface area (TPSA) is 75.6 Å². The summed E-state index contributed by atoms with van der Waals surface area (Å²) in [7, 11) is -1.78. The third-order valence-electron chi connectivity index (χ3n) is 3.67. The molecule has 0 aliphatic heterocycles. The fourth-order valence-corrected chi connectivity index (χ4v) is 3.91. The highest BCUT2D eigenvalue weighted by molar-refractivity contribution is 7.89. The molecule has 108 valence electrons. The zero-order valence-electron chi connectivity index (χ0n) is 11.3. The number of nitrogens with one attached hydrogen (secondary N) is 1. The molecular weight excluding hydrogens is 254 g/mol. The number of ether oxygens (including phenoxy) is 1. The van der Waals surface area contributed by atoms with Crippen molar-refractivity contribution in [1.29, 1.82) is 0 Å². The molecule has 0 atom stereocenters. The summed E-state index contributed by atoms with van der Waals surface area (Å²) in [6.45, 7) is 2.47. The lowest BCUT2D eigenvalue weighted by Gasteiger charge is -2.38. The lowest BCUT2D eigenvalue weighted by Crippen LogP contribution is -2.53. The van der Waals surface area contributed by atoms with Gasteiger partial charge in [-0.3, -0.25) is 0 Å². The molecule has 0 aromatic heterocycles. The Morgan fingerprint density at radius 2 is 2.00 bits per heavy atom. The van der Waals surface area contributed by atoms with Gasteiger partial charge in [-0.15, -0.1) is 0 Å². The zero-order chi connectivity index (χ0) is 13.6. The molecule has 1 aliphatic carbocycles. The van der Waals surface area contributed by atoms with Gasteiger partial charge in [-0.1, -0.05) is 6.92 Å². The van der Waals surface area contributed by atoms with Crippen molar-refractivity contribution < 1.29 is 18.3 Å². The molecule has 0 bridgehead atoms. The monoisotopic (exact) mass is 279 g/mol. The van der Waals surface area contributed by atoms with Gasteiger partial charge in [0.15, 0.2) is 0 Å². The third-order valence-corrected chi connectivity index (χ3v) is 5.24. The van der Waals surface area contributed by atoms with E-state index in [1.165, 1.54) is 0 Å². The Kier molecular flexibility index (Phi) is 6.04. The van der Waals surface area contributed by atoms with E-state index in [2.05, 4.69) is 11.6 Å². The summed E-state index contributed by atoms with van der Waals surface area (Å²) in [5, 5.41) is 9.51. The predicted octanol–water partition coefficient (Wildman–Crippen LogP) is 0.883. The first-order valence-electron chi connectivity index (χ1n) is 6.54. The maximum atomic E-state index is 11.9. The quantitative estimate of drug-likeness (QED) is 0.678. The van der Waals surface area contributed by atoms with E-state index in [0.29, 0.717) is 31.8 Å². The Hall–Kier alpha value is -0.170. The number of rotatable bonds is 7. The minimum absolute atomic E-state index is 0.0537. The van der Waals surface area contributed by atoms with Crippen LogP contribution < -0.4 is 4.72 Å². The SMILES string of the molecule is COCCCS(=O)(=O)NC1(CO)CCC(C)CC1. The maximum absolute atomic E-state index is 11.9. The fourth-order valence-electron chi connectivity index (χ4n) is 2.38. The summed E-state index contributed by atoms with van der Waals surface area (Å²) >= 11 is 0. The van der Waals surface area contributed by atoms with Gasteiger partial charge in [0.1, 0.15) is 0 Å². The first kappa shape index (κ1) is 15.9. The number of hydrogen-bond donors (Lipinski definition) is 2. The Bertz CT molecular complexity index is 334. The highest BCUT2D eigenvalue weighted by Gasteiger charge is 2.36. The van der Waals surface area contributed by atoms with Gasteiger partial charge >= 0.3 is 0 Å². The molecule has 0 heterocycles. The zero-order valence-corrected chi connectivity index (χ0v) is 12.1. The van der Waals surface area contributed by atoms with Crippen molar-refractivity contribution >= 4 is 10.0 Å². The second kappa shape index (κ2) is 6.84. The van der Waals surface area contributed by atoms with Gasteiger partial charge < -0.3 is 9.84 Å². The molecule has 2 N–H and O–H groups in total. The van der Waals surface area contributed by atoms with Crippen LogP contribution >= 0.6 is 0 Å². The molecule has 1 fully saturated rings. The highest BCUT2D eigenvalue weighted by atomic mass is 32.2. The van der Waals surface area contributed by atoms with Gasteiger partial charge in [-0.05, 0) is 38.0 Å². The Balaban J connectivity index is 2.56. The second-order valence-corrected chi connectivity index (χ2v) is 7.23. The van der Waals surface area contributed by atoms with E-state index in [4.69, 9.17) is 4.74 Å². The Morgan fingerprint density at radius 1 is 1.39 bits per heavy atom. The van der Waals surface area contributed by atoms with Crippen LogP contribution in [0.3, 0.4) is 0 Å². The summed E-state index contributed by atoms with van der Waals surface area (Å²) < 4.78 is 31.4. The van der Waals surface area contributed by atoms with Crippen LogP contribution in [0.1, 0.15) is 39.0 Å². The molecule has 18 heavy (non-hydrogen) atoms. The van der Waals surface area contributed by atoms with Gasteiger partial charge in [-0.25, -0.2) is 13.1 Å². The molecule has 0 spiro atoms. The summed E-state index contributed by atoms with van der Waals surface area (Å²) in [5.41, 5.74) is -0.640. The summed E-state index contributed by atoms with van der Waals surface area (Å²) in [5.74, 6) is 0.667. The van der Waals surface area contributed by atoms with Gasteiger partial charge in [0.2, 0.25) is 10.0 Å². The average Bonchev–Trinajstić information content (AvgIpc) is 2.32. The molecule has 0 radical (unpaired) electrons. The lowest BCUT2D eigenvalue weighted by molar-refractivity contribution is 0.125. The average molecular weight is 279 g/mol. The van der Waals surface area contributed by atoms with E-state index < -0.39 is 15.6 Å². The van der Waals surface area contributed by atoms with E-state index in [0.717, 1.165) is 12.8 Å². The molecule has 6 heteroatoms. The van der Waals surface area contributed by atoms with E-state index in [1.54, 1.807) is 7.11 Å². The number of hydrogen-bond acceptors (Lipinski definition) is 4. The second-order valence-electron chi connectivity index (χ2n) is 5.39. The van der Waals surface area contributed by atoms with Crippen LogP contribution in [-0.2, 0) is 14.8 Å². The van der Waals surface area contributed by atoms with Crippen LogP contribution in [0.25, 0.3) is 0 Å². The summed E-state index contributed by atoms with van der Waals surface area (Å²) in [6.07, 6.45) is 3.83. The van der Waals surface area contributed by atoms with E-state index in [-0.39, 0.29) is 12.4 Å². The molecular formula is C12H25NO4S. The van der Waals surface area contributed by atoms with Gasteiger partial charge in [0, 0.05) is 13.7 Å². The van der Waals surface area contributed by atoms with Crippen LogP contribution in [0.2, 0.25) is 0 Å². The van der Waals surface area contributed by atoms with Crippen molar-refractivity contribution in [2.75, 3.05) is 26.1 Å². The van der Waals surface area contributed by atoms with Crippen LogP contribution in [-0.4, -0.2) is 45.1 Å². The molecule has 0 unspecified atom stereocenters. The molecule has 1 aliphatic rings. The Morgan fingerprint density at radius 3 is 2.50 bits per heavy atom. The summed E-state index contributed by atoms with van der Waals surface area (Å²) in [4.78, 5) is 0. The van der Waals surface area contributed by atoms with Crippen molar-refractivity contribution in [3.8, 4) is 0 Å². The molecule has 0 saturated heterocycles. The number of aliphatic hydroxyl groups excluding tert-OH is 1. The largest absolute Gasteiger partial charge is 0.394 e. The number of methoxy groups -OCH3 is 1. The van der Waals surface area contributed by atoms with E-state index in [1.807, 2.05) is 0 Å². The van der Waals surface area contributed by atoms with E-state index in [9.17, 15) is 13.5 Å². The van der Waals surface area contributed by atoms with Gasteiger partial charge in [0.05, 0.1) is 17.9 Å². The van der Waals surface area contributed by atoms with Crippen LogP contribution in [0, 0.1) is 5.92 Å². The van der Waals surface area contributed by atoms with Crippen molar-refractivity contribution in [2.24, 2.45) is 5.92 Å². The van der Waals surface area contributed by atoms with Gasteiger partial charge in [0.25, 0.3) is 0 Å². The Labute approximate surface area is 110 Å². The first-order chi connectivity index (χ1) is 8.43. The lowest BCUT2D eigenvalue weighted by atomic mass is 9.78. The molecule has 0 amide bonds. The molecule has 1 rings (SSSR count). The van der Waals surface area contributed by atoms with Gasteiger partial charge in [-0.2, -0.15) is 0 Å². The molecule has 0 aromatic rings.